The molecular weight excluding hydrogens is 270 g/mol. The summed E-state index contributed by atoms with van der Waals surface area (Å²) in [5, 5.41) is 3.00. The molecule has 0 aliphatic carbocycles. The van der Waals surface area contributed by atoms with Crippen LogP contribution in [0.4, 0.5) is 0 Å². The van der Waals surface area contributed by atoms with Gasteiger partial charge in [0, 0.05) is 37.8 Å². The number of carbonyl (C=O) groups is 1. The number of hydrogen-bond acceptors (Lipinski definition) is 4. The molecule has 20 heavy (non-hydrogen) atoms. The summed E-state index contributed by atoms with van der Waals surface area (Å²) >= 11 is 1.61. The van der Waals surface area contributed by atoms with Gasteiger partial charge >= 0.3 is 0 Å². The third-order valence-corrected chi connectivity index (χ3v) is 4.00. The van der Waals surface area contributed by atoms with Gasteiger partial charge in [0.15, 0.2) is 0 Å². The molecule has 0 aromatic carbocycles. The number of thiazole rings is 1. The molecule has 0 saturated heterocycles. The number of amides is 1. The second-order valence-electron chi connectivity index (χ2n) is 5.03. The second kappa shape index (κ2) is 6.61. The number of likely N-dealkylation sites (N-methyl/N-ethyl adjacent to an activating group) is 1. The van der Waals surface area contributed by atoms with Gasteiger partial charge < -0.3 is 4.90 Å². The van der Waals surface area contributed by atoms with Gasteiger partial charge in [0.05, 0.1) is 5.01 Å². The molecule has 1 amide bonds. The lowest BCUT2D eigenvalue weighted by molar-refractivity contribution is 0.0791. The number of pyridine rings is 1. The Kier molecular flexibility index (Phi) is 4.84. The Bertz CT molecular complexity index is 549. The van der Waals surface area contributed by atoms with E-state index in [0.29, 0.717) is 18.2 Å². The highest BCUT2D eigenvalue weighted by Gasteiger charge is 2.13. The Balaban J connectivity index is 1.95. The number of aromatic nitrogens is 2. The summed E-state index contributed by atoms with van der Waals surface area (Å²) in [7, 11) is 1.80. The van der Waals surface area contributed by atoms with Crippen molar-refractivity contribution in [3.05, 3.63) is 46.2 Å². The van der Waals surface area contributed by atoms with Crippen molar-refractivity contribution in [2.45, 2.75) is 26.2 Å². The molecule has 0 fully saturated rings. The zero-order valence-electron chi connectivity index (χ0n) is 12.0. The first-order valence-electron chi connectivity index (χ1n) is 6.67. The average molecular weight is 289 g/mol. The SMILES string of the molecule is CC(C)c1ccc(C(=O)N(C)CCc2nccs2)nc1. The molecule has 0 aliphatic heterocycles. The maximum Gasteiger partial charge on any atom is 0.272 e. The predicted octanol–water partition coefficient (Wildman–Crippen LogP) is 2.98. The summed E-state index contributed by atoms with van der Waals surface area (Å²) < 4.78 is 0. The Labute approximate surface area is 123 Å². The quantitative estimate of drug-likeness (QED) is 0.850. The minimum atomic E-state index is -0.0446. The number of carbonyl (C=O) groups excluding carboxylic acids is 1. The van der Waals surface area contributed by atoms with Crippen LogP contribution in [0.15, 0.2) is 29.9 Å². The molecule has 106 valence electrons. The van der Waals surface area contributed by atoms with Gasteiger partial charge in [-0.05, 0) is 17.5 Å². The molecule has 2 aromatic heterocycles. The number of nitrogens with zero attached hydrogens (tertiary/aromatic N) is 3. The fraction of sp³-hybridized carbons (Fsp3) is 0.400. The maximum atomic E-state index is 12.2. The first-order valence-corrected chi connectivity index (χ1v) is 7.55. The molecule has 4 nitrogen and oxygen atoms in total. The molecule has 2 heterocycles. The molecule has 0 spiro atoms. The summed E-state index contributed by atoms with van der Waals surface area (Å²) in [5.74, 6) is 0.381. The summed E-state index contributed by atoms with van der Waals surface area (Å²) in [5.41, 5.74) is 1.64. The van der Waals surface area contributed by atoms with Crippen LogP contribution >= 0.6 is 11.3 Å². The summed E-state index contributed by atoms with van der Waals surface area (Å²) in [4.78, 5) is 22.4. The van der Waals surface area contributed by atoms with Crippen LogP contribution in [0.2, 0.25) is 0 Å². The Morgan fingerprint density at radius 2 is 2.15 bits per heavy atom. The monoisotopic (exact) mass is 289 g/mol. The fourth-order valence-electron chi connectivity index (χ4n) is 1.81. The normalized spacial score (nSPS) is 10.8. The number of hydrogen-bond donors (Lipinski definition) is 0. The van der Waals surface area contributed by atoms with Crippen molar-refractivity contribution < 1.29 is 4.79 Å². The van der Waals surface area contributed by atoms with Crippen LogP contribution in [0.5, 0.6) is 0 Å². The van der Waals surface area contributed by atoms with Gasteiger partial charge in [0.25, 0.3) is 5.91 Å². The van der Waals surface area contributed by atoms with Crippen LogP contribution in [-0.2, 0) is 6.42 Å². The molecule has 0 radical (unpaired) electrons. The molecule has 0 atom stereocenters. The van der Waals surface area contributed by atoms with Crippen LogP contribution < -0.4 is 0 Å². The van der Waals surface area contributed by atoms with E-state index in [1.54, 1.807) is 41.7 Å². The Morgan fingerprint density at radius 1 is 1.35 bits per heavy atom. The van der Waals surface area contributed by atoms with E-state index >= 15 is 0 Å². The molecule has 0 aliphatic rings. The van der Waals surface area contributed by atoms with Crippen molar-refractivity contribution in [3.63, 3.8) is 0 Å². The Morgan fingerprint density at radius 3 is 2.70 bits per heavy atom. The van der Waals surface area contributed by atoms with Crippen molar-refractivity contribution in [2.75, 3.05) is 13.6 Å². The van der Waals surface area contributed by atoms with Crippen LogP contribution in [0, 0.1) is 0 Å². The first kappa shape index (κ1) is 14.7. The predicted molar refractivity (Wildman–Crippen MR) is 81.1 cm³/mol. The third kappa shape index (κ3) is 3.63. The van der Waals surface area contributed by atoms with E-state index in [2.05, 4.69) is 23.8 Å². The average Bonchev–Trinajstić information content (AvgIpc) is 2.97. The van der Waals surface area contributed by atoms with Crippen molar-refractivity contribution in [1.29, 1.82) is 0 Å². The van der Waals surface area contributed by atoms with E-state index in [0.717, 1.165) is 17.0 Å². The minimum absolute atomic E-state index is 0.0446. The molecule has 0 N–H and O–H groups in total. The van der Waals surface area contributed by atoms with Gasteiger partial charge in [0.2, 0.25) is 0 Å². The minimum Gasteiger partial charge on any atom is -0.340 e. The zero-order chi connectivity index (χ0) is 14.5. The molecule has 2 rings (SSSR count). The molecule has 0 unspecified atom stereocenters. The standard InChI is InChI=1S/C15H19N3OS/c1-11(2)12-4-5-13(17-10-12)15(19)18(3)8-6-14-16-7-9-20-14/h4-5,7,9-11H,6,8H2,1-3H3. The maximum absolute atomic E-state index is 12.2. The lowest BCUT2D eigenvalue weighted by atomic mass is 10.1. The summed E-state index contributed by atoms with van der Waals surface area (Å²) in [6.45, 7) is 4.87. The number of rotatable bonds is 5. The lowest BCUT2D eigenvalue weighted by Gasteiger charge is -2.16. The first-order chi connectivity index (χ1) is 9.58. The lowest BCUT2D eigenvalue weighted by Crippen LogP contribution is -2.29. The molecule has 5 heteroatoms. The van der Waals surface area contributed by atoms with Crippen molar-refractivity contribution in [2.24, 2.45) is 0 Å². The third-order valence-electron chi connectivity index (χ3n) is 3.16. The summed E-state index contributed by atoms with van der Waals surface area (Å²) in [6, 6.07) is 3.77. The highest BCUT2D eigenvalue weighted by molar-refractivity contribution is 7.09. The van der Waals surface area contributed by atoms with Crippen molar-refractivity contribution in [3.8, 4) is 0 Å². The van der Waals surface area contributed by atoms with Gasteiger partial charge in [0.1, 0.15) is 5.69 Å². The van der Waals surface area contributed by atoms with Crippen LogP contribution in [0.3, 0.4) is 0 Å². The van der Waals surface area contributed by atoms with Crippen molar-refractivity contribution in [1.82, 2.24) is 14.9 Å². The smallest absolute Gasteiger partial charge is 0.272 e. The van der Waals surface area contributed by atoms with Gasteiger partial charge in [-0.1, -0.05) is 19.9 Å². The van der Waals surface area contributed by atoms with Crippen molar-refractivity contribution >= 4 is 17.2 Å². The van der Waals surface area contributed by atoms with E-state index in [4.69, 9.17) is 0 Å². The van der Waals surface area contributed by atoms with Crippen LogP contribution in [0.1, 0.15) is 40.8 Å². The highest BCUT2D eigenvalue weighted by atomic mass is 32.1. The topological polar surface area (TPSA) is 46.1 Å². The van der Waals surface area contributed by atoms with Crippen LogP contribution in [0.25, 0.3) is 0 Å². The van der Waals surface area contributed by atoms with E-state index in [1.165, 1.54) is 0 Å². The fourth-order valence-corrected chi connectivity index (χ4v) is 2.42. The highest BCUT2D eigenvalue weighted by Crippen LogP contribution is 2.13. The second-order valence-corrected chi connectivity index (χ2v) is 6.01. The molecule has 2 aromatic rings. The van der Waals surface area contributed by atoms with Crippen LogP contribution in [-0.4, -0.2) is 34.4 Å². The van der Waals surface area contributed by atoms with E-state index in [1.807, 2.05) is 11.4 Å². The molecular formula is C15H19N3OS. The van der Waals surface area contributed by atoms with Gasteiger partial charge in [-0.3, -0.25) is 9.78 Å². The van der Waals surface area contributed by atoms with Gasteiger partial charge in [-0.25, -0.2) is 4.98 Å². The van der Waals surface area contributed by atoms with Gasteiger partial charge in [-0.2, -0.15) is 0 Å². The van der Waals surface area contributed by atoms with E-state index < -0.39 is 0 Å². The largest absolute Gasteiger partial charge is 0.340 e. The zero-order valence-corrected chi connectivity index (χ0v) is 12.9. The van der Waals surface area contributed by atoms with Gasteiger partial charge in [-0.15, -0.1) is 11.3 Å². The molecule has 0 bridgehead atoms. The Hall–Kier alpha value is -1.75. The van der Waals surface area contributed by atoms with E-state index in [9.17, 15) is 4.79 Å². The van der Waals surface area contributed by atoms with E-state index in [-0.39, 0.29) is 5.91 Å². The molecule has 0 saturated carbocycles. The summed E-state index contributed by atoms with van der Waals surface area (Å²) in [6.07, 6.45) is 4.35.